The van der Waals surface area contributed by atoms with E-state index in [4.69, 9.17) is 18.9 Å². The Hall–Kier alpha value is -2.60. The number of esters is 4. The molecule has 0 N–H and O–H groups in total. The fraction of sp³-hybridized carbons (Fsp3) is 0.704. The molecule has 0 bridgehead atoms. The second kappa shape index (κ2) is 44.8. The van der Waals surface area contributed by atoms with Gasteiger partial charge in [-0.05, 0) is 37.1 Å². The summed E-state index contributed by atoms with van der Waals surface area (Å²) in [4.78, 5) is 49.1. The van der Waals surface area contributed by atoms with Crippen LogP contribution in [0.5, 0.6) is 0 Å². The minimum absolute atomic E-state index is 0. The number of benzene rings is 2. The first-order valence-electron chi connectivity index (χ1n) is 26.4. The summed E-state index contributed by atoms with van der Waals surface area (Å²) in [5.41, 5.74) is 0.0847. The first-order chi connectivity index (χ1) is 33.7. The van der Waals surface area contributed by atoms with Crippen molar-refractivity contribution in [1.29, 1.82) is 0 Å². The molecular formula is C54H86CaO14S2. The monoisotopic (exact) mass is 1060 g/mol. The fourth-order valence-corrected chi connectivity index (χ4v) is 8.31. The number of rotatable bonds is 42. The quantitative estimate of drug-likeness (QED) is 0.0198. The third-order valence-electron chi connectivity index (χ3n) is 11.8. The van der Waals surface area contributed by atoms with Crippen LogP contribution in [-0.2, 0) is 39.2 Å². The van der Waals surface area contributed by atoms with Gasteiger partial charge in [0.1, 0.15) is 13.2 Å². The molecule has 400 valence electrons. The van der Waals surface area contributed by atoms with Crippen LogP contribution >= 0.6 is 0 Å². The minimum Gasteiger partial charge on any atom is -0.748 e. The summed E-state index contributed by atoms with van der Waals surface area (Å²) in [5, 5.41) is 0. The molecule has 0 spiro atoms. The van der Waals surface area contributed by atoms with Crippen LogP contribution in [0.3, 0.4) is 0 Å². The largest absolute Gasteiger partial charge is 2.00 e. The molecule has 2 rings (SSSR count). The smallest absolute Gasteiger partial charge is 0.748 e. The summed E-state index contributed by atoms with van der Waals surface area (Å²) in [5.74, 6) is -4.62. The molecule has 0 atom stereocenters. The van der Waals surface area contributed by atoms with Crippen molar-refractivity contribution in [3.63, 3.8) is 0 Å². The second-order valence-electron chi connectivity index (χ2n) is 18.1. The normalized spacial score (nSPS) is 11.2. The van der Waals surface area contributed by atoms with Crippen molar-refractivity contribution in [1.82, 2.24) is 0 Å². The Kier molecular flexibility index (Phi) is 43.2. The number of hydrogen-bond donors (Lipinski definition) is 0. The van der Waals surface area contributed by atoms with E-state index in [1.165, 1.54) is 178 Å². The molecule has 17 heteroatoms. The van der Waals surface area contributed by atoms with Gasteiger partial charge in [-0.3, -0.25) is 0 Å². The van der Waals surface area contributed by atoms with Gasteiger partial charge < -0.3 is 28.1 Å². The van der Waals surface area contributed by atoms with Crippen molar-refractivity contribution in [3.8, 4) is 0 Å². The first-order valence-corrected chi connectivity index (χ1v) is 29.6. The van der Waals surface area contributed by atoms with Crippen molar-refractivity contribution in [2.75, 3.05) is 37.9 Å². The molecule has 0 amide bonds. The number of carbonyl (C=O) groups is 4. The van der Waals surface area contributed by atoms with E-state index in [0.29, 0.717) is 0 Å². The van der Waals surface area contributed by atoms with Crippen molar-refractivity contribution >= 4 is 81.9 Å². The van der Waals surface area contributed by atoms with Gasteiger partial charge in [0, 0.05) is 0 Å². The predicted molar refractivity (Wildman–Crippen MR) is 279 cm³/mol. The average Bonchev–Trinajstić information content (AvgIpc) is 3.33. The number of ether oxygens (including phenoxy) is 4. The van der Waals surface area contributed by atoms with E-state index in [9.17, 15) is 45.1 Å². The molecule has 0 aliphatic rings. The van der Waals surface area contributed by atoms with Gasteiger partial charge in [-0.1, -0.05) is 218 Å². The van der Waals surface area contributed by atoms with E-state index >= 15 is 0 Å². The molecule has 14 nitrogen and oxygen atoms in total. The molecule has 0 radical (unpaired) electrons. The van der Waals surface area contributed by atoms with E-state index in [1.807, 2.05) is 0 Å². The third kappa shape index (κ3) is 39.5. The zero-order chi connectivity index (χ0) is 51.6. The molecule has 0 aromatic heterocycles. The second-order valence-corrected chi connectivity index (χ2v) is 21.1. The molecule has 0 unspecified atom stereocenters. The zero-order valence-corrected chi connectivity index (χ0v) is 47.2. The summed E-state index contributed by atoms with van der Waals surface area (Å²) in [6.07, 6.45) is 37.7. The Morgan fingerprint density at radius 2 is 0.521 bits per heavy atom. The SMILES string of the molecule is CCCCCCCCCCCCCCCCCOC(=O)c1ccccc1C(=O)OCCS(=O)(=O)[O-].CCCCCCCCCCCCCCCCCOC(=O)c1ccccc1C(=O)OCCS(=O)(=O)[O-].[Ca+2]. The average molecular weight is 1060 g/mol. The molecule has 2 aromatic rings. The van der Waals surface area contributed by atoms with E-state index < -0.39 is 68.8 Å². The maximum Gasteiger partial charge on any atom is 2.00 e. The van der Waals surface area contributed by atoms with Gasteiger partial charge >= 0.3 is 61.6 Å². The van der Waals surface area contributed by atoms with E-state index in [1.54, 1.807) is 24.3 Å². The van der Waals surface area contributed by atoms with Gasteiger partial charge in [-0.25, -0.2) is 36.0 Å². The van der Waals surface area contributed by atoms with Crippen LogP contribution in [0.4, 0.5) is 0 Å². The summed E-state index contributed by atoms with van der Waals surface area (Å²) in [6, 6.07) is 12.0. The summed E-state index contributed by atoms with van der Waals surface area (Å²) < 4.78 is 84.0. The van der Waals surface area contributed by atoms with Gasteiger partial charge in [0.25, 0.3) is 0 Å². The molecule has 0 heterocycles. The van der Waals surface area contributed by atoms with Crippen LogP contribution in [0.15, 0.2) is 48.5 Å². The van der Waals surface area contributed by atoms with Crippen molar-refractivity contribution in [2.45, 2.75) is 206 Å². The predicted octanol–water partition coefficient (Wildman–Crippen LogP) is 12.5. The summed E-state index contributed by atoms with van der Waals surface area (Å²) in [7, 11) is -8.96. The van der Waals surface area contributed by atoms with E-state index in [0.717, 1.165) is 38.5 Å². The van der Waals surface area contributed by atoms with Crippen LogP contribution in [0.1, 0.15) is 248 Å². The Bertz CT molecular complexity index is 1790. The minimum atomic E-state index is -4.48. The van der Waals surface area contributed by atoms with Crippen LogP contribution in [0, 0.1) is 0 Å². The van der Waals surface area contributed by atoms with Crippen molar-refractivity contribution in [2.24, 2.45) is 0 Å². The van der Waals surface area contributed by atoms with Crippen molar-refractivity contribution in [3.05, 3.63) is 70.8 Å². The van der Waals surface area contributed by atoms with Crippen LogP contribution in [0.25, 0.3) is 0 Å². The molecule has 0 aliphatic carbocycles. The maximum absolute atomic E-state index is 12.4. The van der Waals surface area contributed by atoms with Crippen LogP contribution in [0.2, 0.25) is 0 Å². The van der Waals surface area contributed by atoms with Crippen LogP contribution < -0.4 is 0 Å². The summed E-state index contributed by atoms with van der Waals surface area (Å²) >= 11 is 0. The first kappa shape index (κ1) is 68.4. The van der Waals surface area contributed by atoms with Gasteiger partial charge in [0.2, 0.25) is 0 Å². The summed E-state index contributed by atoms with van der Waals surface area (Å²) in [6.45, 7) is 3.92. The molecule has 0 aliphatic heterocycles. The zero-order valence-electron chi connectivity index (χ0n) is 43.3. The van der Waals surface area contributed by atoms with Gasteiger partial charge in [0.05, 0.1) is 67.2 Å². The molecule has 2 aromatic carbocycles. The Labute approximate surface area is 457 Å². The standard InChI is InChI=1S/2C27H44O7S.Ca/c2*1-2-3-4-5-6-7-8-9-10-11-12-13-14-15-18-21-33-26(28)24-19-16-17-20-25(24)27(29)34-22-23-35(30,31)32;/h2*16-17,19-20H,2-15,18,21-23H2,1H3,(H,30,31,32);/q;;+2/p-2. The van der Waals surface area contributed by atoms with Gasteiger partial charge in [0.15, 0.2) is 0 Å². The Morgan fingerprint density at radius 1 is 0.338 bits per heavy atom. The third-order valence-corrected chi connectivity index (χ3v) is 13.2. The molecule has 0 saturated heterocycles. The number of carbonyl (C=O) groups excluding carboxylic acids is 4. The van der Waals surface area contributed by atoms with E-state index in [-0.39, 0.29) is 73.2 Å². The van der Waals surface area contributed by atoms with Gasteiger partial charge in [-0.2, -0.15) is 0 Å². The maximum atomic E-state index is 12.4. The fourth-order valence-electron chi connectivity index (χ4n) is 7.74. The Balaban J connectivity index is 0.00000136. The molecule has 0 fully saturated rings. The molecule has 0 saturated carbocycles. The molecule has 71 heavy (non-hydrogen) atoms. The van der Waals surface area contributed by atoms with E-state index in [2.05, 4.69) is 13.8 Å². The number of unbranched alkanes of at least 4 members (excludes halogenated alkanes) is 28. The Morgan fingerprint density at radius 3 is 0.718 bits per heavy atom. The van der Waals surface area contributed by atoms with Crippen LogP contribution in [-0.4, -0.2) is 125 Å². The molecular weight excluding hydrogens is 977 g/mol. The van der Waals surface area contributed by atoms with Gasteiger partial charge in [-0.15, -0.1) is 0 Å². The topological polar surface area (TPSA) is 220 Å². The van der Waals surface area contributed by atoms with Crippen molar-refractivity contribution < 1.29 is 64.1 Å². The number of hydrogen-bond acceptors (Lipinski definition) is 14.